The topological polar surface area (TPSA) is 120 Å². The second-order valence-corrected chi connectivity index (χ2v) is 10.8. The minimum Gasteiger partial charge on any atom is -0.338 e. The van der Waals surface area contributed by atoms with Crippen molar-refractivity contribution < 1.29 is 9.59 Å². The Balaban J connectivity index is -0.000000557. The third kappa shape index (κ3) is 17.4. The molecule has 0 spiro atoms. The van der Waals surface area contributed by atoms with E-state index in [4.69, 9.17) is 22.6 Å². The van der Waals surface area contributed by atoms with Crippen LogP contribution in [0.25, 0.3) is 0 Å². The van der Waals surface area contributed by atoms with Crippen molar-refractivity contribution in [2.24, 2.45) is 11.7 Å². The van der Waals surface area contributed by atoms with Crippen molar-refractivity contribution in [3.8, 4) is 12.1 Å². The highest BCUT2D eigenvalue weighted by Gasteiger charge is 2.29. The summed E-state index contributed by atoms with van der Waals surface area (Å²) in [6, 6.07) is 16.2. The monoisotopic (exact) mass is 570 g/mol. The SMILES string of the molecule is C.CC.CC(C)(N)C#N.Cc1ccc(C)c(CC(=O)Cl)c1.Cc1ccc(C)c(CC(=O)NC(C)(C#N)C(C)C)c1. The molecule has 0 saturated carbocycles. The van der Waals surface area contributed by atoms with E-state index in [-0.39, 0.29) is 24.5 Å². The first-order chi connectivity index (χ1) is 17.9. The number of nitrogens with zero attached hydrogens (tertiary/aromatic N) is 2. The van der Waals surface area contributed by atoms with Gasteiger partial charge in [0, 0.05) is 6.42 Å². The number of carbonyl (C=O) groups is 2. The number of nitrogens with one attached hydrogen (secondary N) is 1. The molecule has 0 aromatic heterocycles. The van der Waals surface area contributed by atoms with Gasteiger partial charge < -0.3 is 11.1 Å². The molecule has 2 rings (SSSR count). The summed E-state index contributed by atoms with van der Waals surface area (Å²) in [4.78, 5) is 22.7. The summed E-state index contributed by atoms with van der Waals surface area (Å²) < 4.78 is 0. The van der Waals surface area contributed by atoms with Crippen LogP contribution >= 0.6 is 11.6 Å². The van der Waals surface area contributed by atoms with E-state index < -0.39 is 11.1 Å². The maximum Gasteiger partial charge on any atom is 0.226 e. The molecule has 1 unspecified atom stereocenters. The number of halogens is 1. The molecule has 0 saturated heterocycles. The number of nitrogens with two attached hydrogens (primary N) is 1. The summed E-state index contributed by atoms with van der Waals surface area (Å²) in [6.07, 6.45) is 0.645. The van der Waals surface area contributed by atoms with Gasteiger partial charge in [0.15, 0.2) is 0 Å². The molecule has 0 aliphatic rings. The van der Waals surface area contributed by atoms with Crippen molar-refractivity contribution in [1.82, 2.24) is 5.32 Å². The molecule has 3 N–H and O–H groups in total. The van der Waals surface area contributed by atoms with Gasteiger partial charge in [-0.05, 0) is 88.2 Å². The van der Waals surface area contributed by atoms with Crippen molar-refractivity contribution in [2.75, 3.05) is 0 Å². The van der Waals surface area contributed by atoms with Crippen LogP contribution in [0.15, 0.2) is 36.4 Å². The maximum atomic E-state index is 12.1. The molecule has 0 bridgehead atoms. The molecule has 7 heteroatoms. The smallest absolute Gasteiger partial charge is 0.226 e. The molecule has 2 aromatic carbocycles. The van der Waals surface area contributed by atoms with Gasteiger partial charge in [-0.15, -0.1) is 0 Å². The minimum atomic E-state index is -0.811. The Labute approximate surface area is 248 Å². The molecule has 1 atom stereocenters. The lowest BCUT2D eigenvalue weighted by Crippen LogP contribution is -2.49. The van der Waals surface area contributed by atoms with Gasteiger partial charge in [0.25, 0.3) is 0 Å². The Morgan fingerprint density at radius 3 is 1.55 bits per heavy atom. The van der Waals surface area contributed by atoms with Crippen LogP contribution in [-0.4, -0.2) is 22.2 Å². The van der Waals surface area contributed by atoms with Crippen LogP contribution in [0.2, 0.25) is 0 Å². The number of benzene rings is 2. The molecule has 0 aliphatic heterocycles. The number of amides is 1. The number of hydrogen-bond acceptors (Lipinski definition) is 5. The average Bonchev–Trinajstić information content (AvgIpc) is 2.84. The Hall–Kier alpha value is -3.19. The zero-order valence-corrected chi connectivity index (χ0v) is 26.4. The third-order valence-corrected chi connectivity index (χ3v) is 5.90. The quantitative estimate of drug-likeness (QED) is 0.350. The van der Waals surface area contributed by atoms with Crippen molar-refractivity contribution in [3.63, 3.8) is 0 Å². The van der Waals surface area contributed by atoms with E-state index in [1.165, 1.54) is 0 Å². The highest BCUT2D eigenvalue weighted by Crippen LogP contribution is 2.17. The van der Waals surface area contributed by atoms with E-state index in [1.54, 1.807) is 20.8 Å². The molecule has 1 amide bonds. The predicted molar refractivity (Wildman–Crippen MR) is 169 cm³/mol. The average molecular weight is 571 g/mol. The molecular weight excluding hydrogens is 520 g/mol. The first-order valence-corrected chi connectivity index (χ1v) is 13.5. The summed E-state index contributed by atoms with van der Waals surface area (Å²) in [6.45, 7) is 20.9. The fraction of sp³-hybridized carbons (Fsp3) is 0.515. The first kappa shape index (κ1) is 41.3. The molecule has 0 aliphatic carbocycles. The molecule has 222 valence electrons. The fourth-order valence-electron chi connectivity index (χ4n) is 2.94. The van der Waals surface area contributed by atoms with Crippen LogP contribution < -0.4 is 11.1 Å². The normalized spacial score (nSPS) is 11.2. The van der Waals surface area contributed by atoms with Gasteiger partial charge in [-0.25, -0.2) is 0 Å². The van der Waals surface area contributed by atoms with E-state index >= 15 is 0 Å². The zero-order valence-electron chi connectivity index (χ0n) is 25.6. The van der Waals surface area contributed by atoms with Crippen molar-refractivity contribution in [2.45, 2.75) is 108 Å². The number of hydrogen-bond donors (Lipinski definition) is 2. The van der Waals surface area contributed by atoms with Crippen molar-refractivity contribution in [1.29, 1.82) is 10.5 Å². The van der Waals surface area contributed by atoms with E-state index in [2.05, 4.69) is 11.4 Å². The van der Waals surface area contributed by atoms with Gasteiger partial charge in [0.2, 0.25) is 11.1 Å². The van der Waals surface area contributed by atoms with E-state index in [0.717, 1.165) is 33.4 Å². The lowest BCUT2D eigenvalue weighted by Gasteiger charge is -2.27. The third-order valence-electron chi connectivity index (χ3n) is 5.76. The van der Waals surface area contributed by atoms with Crippen LogP contribution in [0.3, 0.4) is 0 Å². The minimum absolute atomic E-state index is 0. The lowest BCUT2D eigenvalue weighted by atomic mass is 9.89. The van der Waals surface area contributed by atoms with Gasteiger partial charge in [-0.2, -0.15) is 10.5 Å². The molecular formula is C33H51ClN4O2. The Morgan fingerprint density at radius 1 is 0.875 bits per heavy atom. The molecule has 6 nitrogen and oxygen atoms in total. The Kier molecular flexibility index (Phi) is 20.4. The van der Waals surface area contributed by atoms with Gasteiger partial charge >= 0.3 is 0 Å². The molecule has 2 aromatic rings. The number of nitriles is 2. The maximum absolute atomic E-state index is 12.1. The summed E-state index contributed by atoms with van der Waals surface area (Å²) in [5.41, 5.74) is 10.3. The molecule has 40 heavy (non-hydrogen) atoms. The summed E-state index contributed by atoms with van der Waals surface area (Å²) >= 11 is 5.30. The van der Waals surface area contributed by atoms with Gasteiger partial charge in [-0.3, -0.25) is 9.59 Å². The largest absolute Gasteiger partial charge is 0.338 e. The molecule has 0 radical (unpaired) electrons. The van der Waals surface area contributed by atoms with E-state index in [9.17, 15) is 14.9 Å². The van der Waals surface area contributed by atoms with Crippen molar-refractivity contribution >= 4 is 22.8 Å². The van der Waals surface area contributed by atoms with Gasteiger partial charge in [0.05, 0.1) is 24.1 Å². The van der Waals surface area contributed by atoms with Crippen molar-refractivity contribution in [3.05, 3.63) is 69.8 Å². The number of rotatable bonds is 6. The Bertz CT molecular complexity index is 1150. The van der Waals surface area contributed by atoms with Crippen LogP contribution in [0.1, 0.15) is 89.3 Å². The highest BCUT2D eigenvalue weighted by atomic mass is 35.5. The summed E-state index contributed by atoms with van der Waals surface area (Å²) in [7, 11) is 0. The van der Waals surface area contributed by atoms with Gasteiger partial charge in [0.1, 0.15) is 5.54 Å². The molecule has 0 fully saturated rings. The second kappa shape index (κ2) is 19.8. The molecule has 0 heterocycles. The first-order valence-electron chi connectivity index (χ1n) is 13.2. The second-order valence-electron chi connectivity index (χ2n) is 10.4. The summed E-state index contributed by atoms with van der Waals surface area (Å²) in [5, 5.41) is 19.8. The standard InChI is InChI=1S/C16H22N2O.C10H11ClO.C4H8N2.C2H6.CH4/c1-11(2)16(5,10-17)18-15(19)9-14-8-12(3)6-7-13(14)4;1-7-3-4-8(2)9(5-7)6-10(11)12;1-4(2,6)3-5;1-2;/h6-8,11H,9H2,1-5H3,(H,18,19);3-5H,6H2,1-2H3;6H2,1-2H3;1-2H3;1H4. The predicted octanol–water partition coefficient (Wildman–Crippen LogP) is 7.42. The van der Waals surface area contributed by atoms with Crippen LogP contribution in [-0.2, 0) is 22.4 Å². The highest BCUT2D eigenvalue weighted by molar-refractivity contribution is 6.63. The van der Waals surface area contributed by atoms with E-state index in [0.29, 0.717) is 12.8 Å². The lowest BCUT2D eigenvalue weighted by molar-refractivity contribution is -0.122. The number of aryl methyl sites for hydroxylation is 4. The van der Waals surface area contributed by atoms with Gasteiger partial charge in [-0.1, -0.05) is 82.6 Å². The Morgan fingerprint density at radius 2 is 1.25 bits per heavy atom. The zero-order chi connectivity index (χ0) is 31.0. The van der Waals surface area contributed by atoms with Crippen LogP contribution in [0, 0.1) is 56.3 Å². The fourth-order valence-corrected chi connectivity index (χ4v) is 3.08. The van der Waals surface area contributed by atoms with Crippen LogP contribution in [0.5, 0.6) is 0 Å². The number of carbonyl (C=O) groups excluding carboxylic acids is 2. The van der Waals surface area contributed by atoms with E-state index in [1.807, 2.05) is 97.9 Å². The summed E-state index contributed by atoms with van der Waals surface area (Å²) in [5.74, 6) is -0.0356. The van der Waals surface area contributed by atoms with Crippen LogP contribution in [0.4, 0.5) is 0 Å².